The minimum Gasteiger partial charge on any atom is -0.462 e. The summed E-state index contributed by atoms with van der Waals surface area (Å²) < 4.78 is 32.3. The third-order valence-corrected chi connectivity index (χ3v) is 3.70. The third kappa shape index (κ3) is 3.17. The summed E-state index contributed by atoms with van der Waals surface area (Å²) in [6.45, 7) is 1.81. The number of anilines is 2. The van der Waals surface area contributed by atoms with Crippen molar-refractivity contribution in [1.82, 2.24) is 4.98 Å². The lowest BCUT2D eigenvalue weighted by Crippen LogP contribution is -2.10. The number of pyridine rings is 1. The van der Waals surface area contributed by atoms with Gasteiger partial charge in [-0.1, -0.05) is 12.1 Å². The fourth-order valence-electron chi connectivity index (χ4n) is 2.54. The molecule has 0 saturated carbocycles. The maximum atomic E-state index is 14.1. The first kappa shape index (κ1) is 17.3. The molecule has 0 radical (unpaired) electrons. The van der Waals surface area contributed by atoms with Crippen LogP contribution in [0.25, 0.3) is 10.9 Å². The van der Waals surface area contributed by atoms with E-state index < -0.39 is 17.6 Å². The van der Waals surface area contributed by atoms with Crippen LogP contribution in [-0.4, -0.2) is 17.6 Å². The number of aromatic nitrogens is 1. The average Bonchev–Trinajstić information content (AvgIpc) is 2.63. The number of nitrogens with zero attached hydrogens (tertiary/aromatic N) is 2. The van der Waals surface area contributed by atoms with Gasteiger partial charge in [0.25, 0.3) is 0 Å². The second kappa shape index (κ2) is 7.15. The van der Waals surface area contributed by atoms with Crippen molar-refractivity contribution in [2.75, 3.05) is 11.9 Å². The fourth-order valence-corrected chi connectivity index (χ4v) is 2.54. The van der Waals surface area contributed by atoms with Gasteiger partial charge in [0.15, 0.2) is 0 Å². The van der Waals surface area contributed by atoms with Crippen LogP contribution in [-0.2, 0) is 4.74 Å². The quantitative estimate of drug-likeness (QED) is 0.708. The number of carbonyl (C=O) groups excluding carboxylic acids is 1. The van der Waals surface area contributed by atoms with E-state index in [0.717, 1.165) is 12.1 Å². The highest BCUT2D eigenvalue weighted by atomic mass is 19.1. The molecule has 0 aliphatic heterocycles. The Morgan fingerprint density at radius 2 is 2.12 bits per heavy atom. The predicted octanol–water partition coefficient (Wildman–Crippen LogP) is 4.30. The summed E-state index contributed by atoms with van der Waals surface area (Å²) in [5.74, 6) is -2.18. The Bertz CT molecular complexity index is 1040. The summed E-state index contributed by atoms with van der Waals surface area (Å²) in [5, 5.41) is 12.5. The molecular formula is C19H13F2N3O2. The average molecular weight is 353 g/mol. The maximum Gasteiger partial charge on any atom is 0.341 e. The van der Waals surface area contributed by atoms with Crippen molar-refractivity contribution in [3.05, 3.63) is 65.4 Å². The Kier molecular flexibility index (Phi) is 4.76. The van der Waals surface area contributed by atoms with Gasteiger partial charge in [-0.2, -0.15) is 5.26 Å². The predicted molar refractivity (Wildman–Crippen MR) is 92.1 cm³/mol. The molecule has 0 fully saturated rings. The van der Waals surface area contributed by atoms with E-state index in [0.29, 0.717) is 16.5 Å². The van der Waals surface area contributed by atoms with E-state index in [1.54, 1.807) is 25.1 Å². The smallest absolute Gasteiger partial charge is 0.341 e. The molecule has 0 spiro atoms. The zero-order valence-corrected chi connectivity index (χ0v) is 13.7. The van der Waals surface area contributed by atoms with Crippen molar-refractivity contribution in [2.24, 2.45) is 0 Å². The maximum absolute atomic E-state index is 14.1. The molecule has 0 bridgehead atoms. The summed E-state index contributed by atoms with van der Waals surface area (Å²) in [7, 11) is 0. The van der Waals surface area contributed by atoms with Gasteiger partial charge in [0, 0.05) is 17.6 Å². The summed E-state index contributed by atoms with van der Waals surface area (Å²) in [4.78, 5) is 16.4. The number of hydrogen-bond donors (Lipinski definition) is 1. The topological polar surface area (TPSA) is 75.0 Å². The summed E-state index contributed by atoms with van der Waals surface area (Å²) in [6.07, 6.45) is 1.27. The van der Waals surface area contributed by atoms with Gasteiger partial charge in [0.1, 0.15) is 23.3 Å². The largest absolute Gasteiger partial charge is 0.462 e. The molecule has 1 aromatic heterocycles. The van der Waals surface area contributed by atoms with Crippen molar-refractivity contribution in [3.63, 3.8) is 0 Å². The number of ether oxygens (including phenoxy) is 1. The molecule has 0 aliphatic carbocycles. The first-order chi connectivity index (χ1) is 12.5. The molecular weight excluding hydrogens is 340 g/mol. The molecule has 2 aromatic carbocycles. The van der Waals surface area contributed by atoms with Crippen LogP contribution in [0.5, 0.6) is 0 Å². The molecule has 0 unspecified atom stereocenters. The summed E-state index contributed by atoms with van der Waals surface area (Å²) in [6, 6.07) is 9.94. The molecule has 1 N–H and O–H groups in total. The Labute approximate surface area is 147 Å². The van der Waals surface area contributed by atoms with E-state index in [9.17, 15) is 18.8 Å². The van der Waals surface area contributed by atoms with Crippen LogP contribution in [0, 0.1) is 23.0 Å². The van der Waals surface area contributed by atoms with Gasteiger partial charge in [-0.3, -0.25) is 4.98 Å². The van der Waals surface area contributed by atoms with Gasteiger partial charge in [0.05, 0.1) is 29.1 Å². The Hall–Kier alpha value is -3.53. The lowest BCUT2D eigenvalue weighted by atomic mass is 10.1. The SMILES string of the molecule is CCOC(=O)c1cnc2c(C#N)cccc2c1Nc1ccc(F)cc1F. The number of nitrogens with one attached hydrogen (secondary N) is 1. The van der Waals surface area contributed by atoms with Crippen LogP contribution in [0.1, 0.15) is 22.8 Å². The van der Waals surface area contributed by atoms with E-state index in [-0.39, 0.29) is 23.5 Å². The van der Waals surface area contributed by atoms with E-state index in [1.165, 1.54) is 12.3 Å². The van der Waals surface area contributed by atoms with E-state index >= 15 is 0 Å². The van der Waals surface area contributed by atoms with Crippen LogP contribution >= 0.6 is 0 Å². The van der Waals surface area contributed by atoms with Crippen molar-refractivity contribution < 1.29 is 18.3 Å². The van der Waals surface area contributed by atoms with Crippen LogP contribution in [0.4, 0.5) is 20.2 Å². The molecule has 1 heterocycles. The number of para-hydroxylation sites is 1. The van der Waals surface area contributed by atoms with Crippen molar-refractivity contribution in [2.45, 2.75) is 6.92 Å². The number of rotatable bonds is 4. The van der Waals surface area contributed by atoms with Gasteiger partial charge in [0.2, 0.25) is 0 Å². The molecule has 5 nitrogen and oxygen atoms in total. The van der Waals surface area contributed by atoms with Crippen molar-refractivity contribution >= 4 is 28.2 Å². The number of esters is 1. The van der Waals surface area contributed by atoms with Crippen molar-refractivity contribution in [3.8, 4) is 6.07 Å². The Morgan fingerprint density at radius 1 is 1.31 bits per heavy atom. The van der Waals surface area contributed by atoms with Crippen LogP contribution in [0.2, 0.25) is 0 Å². The second-order valence-corrected chi connectivity index (χ2v) is 5.33. The number of carbonyl (C=O) groups is 1. The summed E-state index contributed by atoms with van der Waals surface area (Å²) in [5.41, 5.74) is 0.953. The molecule has 0 aliphatic rings. The second-order valence-electron chi connectivity index (χ2n) is 5.33. The van der Waals surface area contributed by atoms with Crippen LogP contribution < -0.4 is 5.32 Å². The zero-order chi connectivity index (χ0) is 18.7. The third-order valence-electron chi connectivity index (χ3n) is 3.70. The monoisotopic (exact) mass is 353 g/mol. The Morgan fingerprint density at radius 3 is 2.81 bits per heavy atom. The number of fused-ring (bicyclic) bond motifs is 1. The lowest BCUT2D eigenvalue weighted by molar-refractivity contribution is 0.0527. The van der Waals surface area contributed by atoms with E-state index in [4.69, 9.17) is 4.74 Å². The normalized spacial score (nSPS) is 10.4. The first-order valence-corrected chi connectivity index (χ1v) is 7.76. The Balaban J connectivity index is 2.23. The van der Waals surface area contributed by atoms with E-state index in [2.05, 4.69) is 10.3 Å². The molecule has 7 heteroatoms. The van der Waals surface area contributed by atoms with Gasteiger partial charge >= 0.3 is 5.97 Å². The molecule has 3 aromatic rings. The molecule has 0 saturated heterocycles. The van der Waals surface area contributed by atoms with Crippen LogP contribution in [0.3, 0.4) is 0 Å². The molecule has 26 heavy (non-hydrogen) atoms. The summed E-state index contributed by atoms with van der Waals surface area (Å²) >= 11 is 0. The molecule has 0 amide bonds. The highest BCUT2D eigenvalue weighted by Gasteiger charge is 2.19. The number of halogens is 2. The fraction of sp³-hybridized carbons (Fsp3) is 0.105. The standard InChI is InChI=1S/C19H13F2N3O2/c1-2-26-19(25)14-10-23-17-11(9-22)4-3-5-13(17)18(14)24-16-7-6-12(20)8-15(16)21/h3-8,10H,2H2,1H3,(H,23,24). The lowest BCUT2D eigenvalue weighted by Gasteiger charge is -2.15. The number of nitriles is 1. The highest BCUT2D eigenvalue weighted by molar-refractivity contribution is 6.07. The molecule has 0 atom stereocenters. The highest BCUT2D eigenvalue weighted by Crippen LogP contribution is 2.32. The van der Waals surface area contributed by atoms with Gasteiger partial charge in [-0.25, -0.2) is 13.6 Å². The number of benzene rings is 2. The zero-order valence-electron chi connectivity index (χ0n) is 13.7. The van der Waals surface area contributed by atoms with Gasteiger partial charge < -0.3 is 10.1 Å². The number of hydrogen-bond acceptors (Lipinski definition) is 5. The minimum atomic E-state index is -0.818. The first-order valence-electron chi connectivity index (χ1n) is 7.76. The van der Waals surface area contributed by atoms with Crippen molar-refractivity contribution in [1.29, 1.82) is 5.26 Å². The van der Waals surface area contributed by atoms with Crippen LogP contribution in [0.15, 0.2) is 42.6 Å². The molecule has 130 valence electrons. The molecule has 3 rings (SSSR count). The van der Waals surface area contributed by atoms with Gasteiger partial charge in [-0.05, 0) is 25.1 Å². The minimum absolute atomic E-state index is 0.0215. The van der Waals surface area contributed by atoms with Gasteiger partial charge in [-0.15, -0.1) is 0 Å². The van der Waals surface area contributed by atoms with E-state index in [1.807, 2.05) is 6.07 Å².